The van der Waals surface area contributed by atoms with Crippen LogP contribution in [0.15, 0.2) is 36.5 Å². The van der Waals surface area contributed by atoms with E-state index >= 15 is 0 Å². The van der Waals surface area contributed by atoms with Gasteiger partial charge in [-0.2, -0.15) is 0 Å². The highest BCUT2D eigenvalue weighted by atomic mass is 19.2. The summed E-state index contributed by atoms with van der Waals surface area (Å²) in [6, 6.07) is 5.75. The minimum absolute atomic E-state index is 0.0355. The molecule has 0 aliphatic carbocycles. The van der Waals surface area contributed by atoms with Crippen LogP contribution in [-0.2, 0) is 16.1 Å². The summed E-state index contributed by atoms with van der Waals surface area (Å²) in [6.45, 7) is 0.237. The van der Waals surface area contributed by atoms with Crippen molar-refractivity contribution in [2.45, 2.75) is 12.6 Å². The van der Waals surface area contributed by atoms with Gasteiger partial charge >= 0.3 is 5.97 Å². The van der Waals surface area contributed by atoms with Crippen molar-refractivity contribution in [1.29, 1.82) is 0 Å². The Balaban J connectivity index is 2.35. The number of carbonyl (C=O) groups excluding carboxylic acids is 1. The number of ether oxygens (including phenoxy) is 1. The van der Waals surface area contributed by atoms with Crippen molar-refractivity contribution in [3.05, 3.63) is 65.2 Å². The molecule has 0 fully saturated rings. The molecule has 4 nitrogen and oxygen atoms in total. The molecule has 7 heteroatoms. The number of halogens is 3. The van der Waals surface area contributed by atoms with Crippen molar-refractivity contribution in [3.63, 3.8) is 0 Å². The largest absolute Gasteiger partial charge is 0.468 e. The van der Waals surface area contributed by atoms with E-state index in [-0.39, 0.29) is 12.1 Å². The third kappa shape index (κ3) is 3.87. The van der Waals surface area contributed by atoms with Gasteiger partial charge in [-0.1, -0.05) is 6.07 Å². The van der Waals surface area contributed by atoms with Crippen LogP contribution in [0, 0.1) is 17.5 Å². The molecule has 0 radical (unpaired) electrons. The zero-order valence-corrected chi connectivity index (χ0v) is 12.6. The van der Waals surface area contributed by atoms with Gasteiger partial charge in [0.2, 0.25) is 0 Å². The van der Waals surface area contributed by atoms with Gasteiger partial charge in [-0.15, -0.1) is 0 Å². The van der Waals surface area contributed by atoms with Crippen LogP contribution in [0.1, 0.15) is 17.3 Å². The number of likely N-dealkylation sites (N-methyl/N-ethyl adjacent to an activating group) is 1. The molecule has 0 spiro atoms. The fourth-order valence-electron chi connectivity index (χ4n) is 2.25. The van der Waals surface area contributed by atoms with E-state index in [0.29, 0.717) is 5.69 Å². The average molecular weight is 324 g/mol. The first-order chi connectivity index (χ1) is 10.9. The summed E-state index contributed by atoms with van der Waals surface area (Å²) in [5.41, 5.74) is 0.624. The Morgan fingerprint density at radius 1 is 1.26 bits per heavy atom. The molecule has 0 bridgehead atoms. The summed E-state index contributed by atoms with van der Waals surface area (Å²) in [6.07, 6.45) is 1.59. The summed E-state index contributed by atoms with van der Waals surface area (Å²) >= 11 is 0. The van der Waals surface area contributed by atoms with Crippen molar-refractivity contribution in [3.8, 4) is 0 Å². The van der Waals surface area contributed by atoms with Crippen LogP contribution >= 0.6 is 0 Å². The zero-order chi connectivity index (χ0) is 17.0. The lowest BCUT2D eigenvalue weighted by atomic mass is 10.0. The van der Waals surface area contributed by atoms with Gasteiger partial charge in [0.25, 0.3) is 0 Å². The lowest BCUT2D eigenvalue weighted by molar-refractivity contribution is -0.147. The van der Waals surface area contributed by atoms with E-state index in [9.17, 15) is 18.0 Å². The lowest BCUT2D eigenvalue weighted by Crippen LogP contribution is -2.32. The van der Waals surface area contributed by atoms with Crippen LogP contribution in [0.4, 0.5) is 13.2 Å². The third-order valence-corrected chi connectivity index (χ3v) is 3.32. The van der Waals surface area contributed by atoms with Gasteiger partial charge < -0.3 is 4.74 Å². The molecule has 0 saturated carbocycles. The Bertz CT molecular complexity index is 672. The quantitative estimate of drug-likeness (QED) is 0.626. The Morgan fingerprint density at radius 3 is 2.43 bits per heavy atom. The zero-order valence-electron chi connectivity index (χ0n) is 12.6. The van der Waals surface area contributed by atoms with Crippen LogP contribution in [-0.4, -0.2) is 30.0 Å². The Labute approximate surface area is 131 Å². The van der Waals surface area contributed by atoms with E-state index in [1.165, 1.54) is 12.0 Å². The maximum Gasteiger partial charge on any atom is 0.327 e. The summed E-state index contributed by atoms with van der Waals surface area (Å²) < 4.78 is 44.7. The first-order valence-corrected chi connectivity index (χ1v) is 6.76. The number of pyridine rings is 1. The van der Waals surface area contributed by atoms with E-state index in [1.54, 1.807) is 31.4 Å². The summed E-state index contributed by atoms with van der Waals surface area (Å²) in [5.74, 6) is -5.01. The molecule has 2 aromatic rings. The maximum atomic E-state index is 13.5. The fourth-order valence-corrected chi connectivity index (χ4v) is 2.25. The second-order valence-electron chi connectivity index (χ2n) is 4.96. The second kappa shape index (κ2) is 7.23. The number of esters is 1. The monoisotopic (exact) mass is 324 g/mol. The predicted molar refractivity (Wildman–Crippen MR) is 76.8 cm³/mol. The minimum Gasteiger partial charge on any atom is -0.468 e. The van der Waals surface area contributed by atoms with Crippen LogP contribution in [0.25, 0.3) is 0 Å². The van der Waals surface area contributed by atoms with E-state index in [0.717, 1.165) is 12.1 Å². The van der Waals surface area contributed by atoms with Crippen molar-refractivity contribution < 1.29 is 22.7 Å². The Kier molecular flexibility index (Phi) is 5.33. The second-order valence-corrected chi connectivity index (χ2v) is 4.96. The van der Waals surface area contributed by atoms with Crippen LogP contribution in [0.5, 0.6) is 0 Å². The van der Waals surface area contributed by atoms with E-state index in [1.807, 2.05) is 0 Å². The summed E-state index contributed by atoms with van der Waals surface area (Å²) in [5, 5.41) is 0. The number of hydrogen-bond acceptors (Lipinski definition) is 4. The van der Waals surface area contributed by atoms with Crippen molar-refractivity contribution >= 4 is 5.97 Å². The average Bonchev–Trinajstić information content (AvgIpc) is 2.53. The van der Waals surface area contributed by atoms with Gasteiger partial charge in [0.15, 0.2) is 17.5 Å². The Morgan fingerprint density at radius 2 is 1.91 bits per heavy atom. The molecule has 0 saturated heterocycles. The van der Waals surface area contributed by atoms with Gasteiger partial charge in [-0.3, -0.25) is 9.88 Å². The predicted octanol–water partition coefficient (Wildman–Crippen LogP) is 2.85. The number of hydrogen-bond donors (Lipinski definition) is 0. The maximum absolute atomic E-state index is 13.5. The topological polar surface area (TPSA) is 42.4 Å². The molecular formula is C16H15F3N2O2. The molecule has 0 aliphatic heterocycles. The number of benzene rings is 1. The molecule has 23 heavy (non-hydrogen) atoms. The first-order valence-electron chi connectivity index (χ1n) is 6.76. The number of rotatable bonds is 5. The SMILES string of the molecule is COC(=O)C(c1cc(F)c(F)c(F)c1)N(C)Cc1ccccn1. The van der Waals surface area contributed by atoms with Crippen LogP contribution in [0.3, 0.4) is 0 Å². The van der Waals surface area contributed by atoms with Gasteiger partial charge in [-0.05, 0) is 36.9 Å². The molecule has 1 atom stereocenters. The smallest absolute Gasteiger partial charge is 0.327 e. The highest BCUT2D eigenvalue weighted by molar-refractivity contribution is 5.77. The molecule has 1 unspecified atom stereocenters. The molecular weight excluding hydrogens is 309 g/mol. The van der Waals surface area contributed by atoms with E-state index in [4.69, 9.17) is 4.74 Å². The van der Waals surface area contributed by atoms with Gasteiger partial charge in [-0.25, -0.2) is 18.0 Å². The van der Waals surface area contributed by atoms with E-state index in [2.05, 4.69) is 4.98 Å². The molecule has 0 aliphatic rings. The number of carbonyl (C=O) groups is 1. The van der Waals surface area contributed by atoms with Gasteiger partial charge in [0, 0.05) is 12.7 Å². The molecule has 2 rings (SSSR count). The molecule has 1 aromatic carbocycles. The third-order valence-electron chi connectivity index (χ3n) is 3.32. The normalized spacial score (nSPS) is 12.3. The van der Waals surface area contributed by atoms with Gasteiger partial charge in [0.05, 0.1) is 12.8 Å². The lowest BCUT2D eigenvalue weighted by Gasteiger charge is -2.26. The number of aromatic nitrogens is 1. The standard InChI is InChI=1S/C16H15F3N2O2/c1-21(9-11-5-3-4-6-20-11)15(16(22)23-2)10-7-12(17)14(19)13(18)8-10/h3-8,15H,9H2,1-2H3. The fraction of sp³-hybridized carbons (Fsp3) is 0.250. The first kappa shape index (κ1) is 17.0. The molecule has 1 heterocycles. The highest BCUT2D eigenvalue weighted by Crippen LogP contribution is 2.25. The molecule has 0 N–H and O–H groups in total. The van der Waals surface area contributed by atoms with Crippen LogP contribution in [0.2, 0.25) is 0 Å². The van der Waals surface area contributed by atoms with Crippen molar-refractivity contribution in [2.75, 3.05) is 14.2 Å². The number of nitrogens with zero attached hydrogens (tertiary/aromatic N) is 2. The van der Waals surface area contributed by atoms with E-state index < -0.39 is 29.5 Å². The molecule has 0 amide bonds. The minimum atomic E-state index is -1.58. The Hall–Kier alpha value is -2.41. The summed E-state index contributed by atoms with van der Waals surface area (Å²) in [4.78, 5) is 17.7. The van der Waals surface area contributed by atoms with Crippen molar-refractivity contribution in [1.82, 2.24) is 9.88 Å². The molecule has 1 aromatic heterocycles. The number of methoxy groups -OCH3 is 1. The van der Waals surface area contributed by atoms with Gasteiger partial charge in [0.1, 0.15) is 6.04 Å². The molecule has 122 valence electrons. The summed E-state index contributed by atoms with van der Waals surface area (Å²) in [7, 11) is 2.75. The van der Waals surface area contributed by atoms with Crippen molar-refractivity contribution in [2.24, 2.45) is 0 Å². The van der Waals surface area contributed by atoms with Crippen LogP contribution < -0.4 is 0 Å². The highest BCUT2D eigenvalue weighted by Gasteiger charge is 2.28.